The van der Waals surface area contributed by atoms with E-state index in [1.165, 1.54) is 6.08 Å². The number of carbonyl (C=O) groups excluding carboxylic acids is 1. The van der Waals surface area contributed by atoms with E-state index in [0.29, 0.717) is 38.5 Å². The van der Waals surface area contributed by atoms with E-state index in [9.17, 15) is 9.90 Å². The normalized spacial score (nSPS) is 11.0. The Labute approximate surface area is 217 Å². The van der Waals surface area contributed by atoms with Gasteiger partial charge in [0.15, 0.2) is 10.7 Å². The lowest BCUT2D eigenvalue weighted by molar-refractivity contribution is -0.115. The molecule has 4 aromatic rings. The number of benzene rings is 3. The molecule has 3 aromatic carbocycles. The van der Waals surface area contributed by atoms with Crippen LogP contribution in [-0.2, 0) is 4.79 Å². The fraction of sp³-hybridized carbons (Fsp3) is 0.0417. The zero-order chi connectivity index (χ0) is 24.2. The maximum atomic E-state index is 12.3. The fourth-order valence-electron chi connectivity index (χ4n) is 3.09. The topological polar surface area (TPSA) is 96.6 Å². The molecule has 4 rings (SSSR count). The number of oxazole rings is 1. The highest BCUT2D eigenvalue weighted by atomic mass is 79.9. The Kier molecular flexibility index (Phi) is 7.30. The molecule has 0 spiro atoms. The second kappa shape index (κ2) is 10.4. The monoisotopic (exact) mass is 601 g/mol. The molecule has 3 N–H and O–H groups in total. The number of ether oxygens (including phenoxy) is 1. The molecule has 0 bridgehead atoms. The van der Waals surface area contributed by atoms with Gasteiger partial charge in [-0.25, -0.2) is 4.98 Å². The number of anilines is 1. The summed E-state index contributed by atoms with van der Waals surface area (Å²) in [6, 6.07) is 15.8. The Balaban J connectivity index is 1.43. The third kappa shape index (κ3) is 5.64. The van der Waals surface area contributed by atoms with Gasteiger partial charge in [-0.1, -0.05) is 15.9 Å². The molecule has 7 nitrogen and oxygen atoms in total. The van der Waals surface area contributed by atoms with Crippen molar-refractivity contribution in [3.63, 3.8) is 0 Å². The Bertz CT molecular complexity index is 1440. The summed E-state index contributed by atoms with van der Waals surface area (Å²) in [7, 11) is 1.57. The Morgan fingerprint density at radius 1 is 1.15 bits per heavy atom. The first-order valence-corrected chi connectivity index (χ1v) is 11.8. The van der Waals surface area contributed by atoms with Crippen molar-refractivity contribution in [1.29, 1.82) is 0 Å². The lowest BCUT2D eigenvalue weighted by Gasteiger charge is -2.08. The van der Waals surface area contributed by atoms with Gasteiger partial charge in [0.1, 0.15) is 17.0 Å². The van der Waals surface area contributed by atoms with Crippen molar-refractivity contribution in [1.82, 2.24) is 10.3 Å². The van der Waals surface area contributed by atoms with Crippen LogP contribution in [0, 0.1) is 0 Å². The van der Waals surface area contributed by atoms with Gasteiger partial charge in [-0.05, 0) is 88.8 Å². The van der Waals surface area contributed by atoms with Crippen molar-refractivity contribution in [3.05, 3.63) is 75.2 Å². The number of hydrogen-bond donors (Lipinski definition) is 3. The second-order valence-electron chi connectivity index (χ2n) is 7.03. The van der Waals surface area contributed by atoms with Gasteiger partial charge in [0.05, 0.1) is 11.6 Å². The minimum atomic E-state index is -0.387. The summed E-state index contributed by atoms with van der Waals surface area (Å²) in [5.41, 5.74) is 3.30. The van der Waals surface area contributed by atoms with Crippen molar-refractivity contribution in [3.8, 4) is 23.0 Å². The number of nitrogens with one attached hydrogen (secondary N) is 2. The molecular weight excluding hydrogens is 586 g/mol. The van der Waals surface area contributed by atoms with Crippen LogP contribution in [0.4, 0.5) is 5.69 Å². The van der Waals surface area contributed by atoms with E-state index in [1.54, 1.807) is 55.7 Å². The number of nitrogens with zero attached hydrogens (tertiary/aromatic N) is 1. The number of methoxy groups -OCH3 is 1. The summed E-state index contributed by atoms with van der Waals surface area (Å²) in [6.07, 6.45) is 3.02. The first-order valence-electron chi connectivity index (χ1n) is 9.85. The molecule has 0 saturated carbocycles. The maximum Gasteiger partial charge on any atom is 0.250 e. The highest BCUT2D eigenvalue weighted by molar-refractivity contribution is 9.10. The molecular formula is C24H17Br2N3O4S. The van der Waals surface area contributed by atoms with Crippen molar-refractivity contribution in [2.45, 2.75) is 0 Å². The SMILES string of the molecule is COc1ccc(Br)cc1/C=C/C(=O)NC(=S)Nc1ccc2oc(-c3ccc(O)c(Br)c3)nc2c1. The minimum Gasteiger partial charge on any atom is -0.507 e. The summed E-state index contributed by atoms with van der Waals surface area (Å²) in [5, 5.41) is 15.4. The van der Waals surface area contributed by atoms with Crippen LogP contribution in [-0.4, -0.2) is 28.2 Å². The first-order chi connectivity index (χ1) is 16.3. The van der Waals surface area contributed by atoms with Crippen LogP contribution in [0.3, 0.4) is 0 Å². The van der Waals surface area contributed by atoms with Crippen molar-refractivity contribution >= 4 is 78.0 Å². The molecule has 0 aliphatic rings. The third-order valence-electron chi connectivity index (χ3n) is 4.68. The molecule has 0 atom stereocenters. The molecule has 0 radical (unpaired) electrons. The zero-order valence-corrected chi connectivity index (χ0v) is 21.6. The smallest absolute Gasteiger partial charge is 0.250 e. The Hall–Kier alpha value is -3.21. The summed E-state index contributed by atoms with van der Waals surface area (Å²) in [4.78, 5) is 16.8. The highest BCUT2D eigenvalue weighted by Gasteiger charge is 2.11. The van der Waals surface area contributed by atoms with Crippen LogP contribution in [0.15, 0.2) is 74.0 Å². The number of halogens is 2. The van der Waals surface area contributed by atoms with Crippen LogP contribution in [0.2, 0.25) is 0 Å². The van der Waals surface area contributed by atoms with Crippen molar-refractivity contribution in [2.75, 3.05) is 12.4 Å². The number of rotatable bonds is 5. The molecule has 0 unspecified atom stereocenters. The second-order valence-corrected chi connectivity index (χ2v) is 9.21. The van der Waals surface area contributed by atoms with Crippen LogP contribution in [0.25, 0.3) is 28.6 Å². The lowest BCUT2D eigenvalue weighted by Crippen LogP contribution is -2.32. The van der Waals surface area contributed by atoms with E-state index in [2.05, 4.69) is 47.5 Å². The number of carbonyl (C=O) groups is 1. The number of phenolic OH excluding ortho intramolecular Hbond substituents is 1. The van der Waals surface area contributed by atoms with Gasteiger partial charge < -0.3 is 19.6 Å². The largest absolute Gasteiger partial charge is 0.507 e. The zero-order valence-electron chi connectivity index (χ0n) is 17.6. The average Bonchev–Trinajstić information content (AvgIpc) is 3.23. The molecule has 1 amide bonds. The standard InChI is InChI=1S/C24H17Br2N3O4S/c1-32-20-7-4-15(25)10-13(20)3-9-22(31)29-24(34)27-16-5-8-21-18(12-16)28-23(33-21)14-2-6-19(30)17(26)11-14/h2-12,30H,1H3,(H2,27,29,31,34)/b9-3+. The highest BCUT2D eigenvalue weighted by Crippen LogP contribution is 2.31. The molecule has 0 aliphatic carbocycles. The molecule has 0 fully saturated rings. The number of amides is 1. The molecule has 1 heterocycles. The van der Waals surface area contributed by atoms with Crippen molar-refractivity contribution < 1.29 is 19.1 Å². The molecule has 0 saturated heterocycles. The van der Waals surface area contributed by atoms with Gasteiger partial charge in [-0.15, -0.1) is 0 Å². The van der Waals surface area contributed by atoms with E-state index in [1.807, 2.05) is 12.1 Å². The van der Waals surface area contributed by atoms with Gasteiger partial charge >= 0.3 is 0 Å². The minimum absolute atomic E-state index is 0.132. The average molecular weight is 603 g/mol. The van der Waals surface area contributed by atoms with E-state index in [-0.39, 0.29) is 16.8 Å². The lowest BCUT2D eigenvalue weighted by atomic mass is 10.2. The number of fused-ring (bicyclic) bond motifs is 1. The van der Waals surface area contributed by atoms with E-state index < -0.39 is 0 Å². The third-order valence-corrected chi connectivity index (χ3v) is 6.02. The number of aromatic nitrogens is 1. The molecule has 10 heteroatoms. The summed E-state index contributed by atoms with van der Waals surface area (Å²) >= 11 is 12.0. The fourth-order valence-corrected chi connectivity index (χ4v) is 4.06. The molecule has 0 aliphatic heterocycles. The number of aromatic hydroxyl groups is 1. The van der Waals surface area contributed by atoms with Gasteiger partial charge in [-0.3, -0.25) is 10.1 Å². The number of thiocarbonyl (C=S) groups is 1. The van der Waals surface area contributed by atoms with E-state index in [4.69, 9.17) is 21.4 Å². The van der Waals surface area contributed by atoms with Crippen molar-refractivity contribution in [2.24, 2.45) is 0 Å². The predicted molar refractivity (Wildman–Crippen MR) is 143 cm³/mol. The van der Waals surface area contributed by atoms with E-state index >= 15 is 0 Å². The Morgan fingerprint density at radius 3 is 2.74 bits per heavy atom. The summed E-state index contributed by atoms with van der Waals surface area (Å²) in [6.45, 7) is 0. The van der Waals surface area contributed by atoms with Crippen LogP contribution >= 0.6 is 44.1 Å². The maximum absolute atomic E-state index is 12.3. The first kappa shape index (κ1) is 23.9. The van der Waals surface area contributed by atoms with Gasteiger partial charge in [-0.2, -0.15) is 0 Å². The molecule has 1 aromatic heterocycles. The van der Waals surface area contributed by atoms with Crippen LogP contribution in [0.1, 0.15) is 5.56 Å². The summed E-state index contributed by atoms with van der Waals surface area (Å²) < 4.78 is 12.5. The van der Waals surface area contributed by atoms with E-state index in [0.717, 1.165) is 10.0 Å². The van der Waals surface area contributed by atoms with Gasteiger partial charge in [0, 0.05) is 27.4 Å². The predicted octanol–water partition coefficient (Wildman–Crippen LogP) is 6.26. The Morgan fingerprint density at radius 2 is 1.97 bits per heavy atom. The van der Waals surface area contributed by atoms with Crippen LogP contribution < -0.4 is 15.4 Å². The summed E-state index contributed by atoms with van der Waals surface area (Å²) in [5.74, 6) is 0.805. The number of phenols is 1. The van der Waals surface area contributed by atoms with Crippen LogP contribution in [0.5, 0.6) is 11.5 Å². The van der Waals surface area contributed by atoms with Gasteiger partial charge in [0.2, 0.25) is 11.8 Å². The van der Waals surface area contributed by atoms with Gasteiger partial charge in [0.25, 0.3) is 0 Å². The molecule has 34 heavy (non-hydrogen) atoms. The number of hydrogen-bond acceptors (Lipinski definition) is 6. The quantitative estimate of drug-likeness (QED) is 0.183. The molecule has 172 valence electrons.